The zero-order valence-corrected chi connectivity index (χ0v) is 9.87. The van der Waals surface area contributed by atoms with Crippen LogP contribution in [-0.2, 0) is 18.3 Å². The van der Waals surface area contributed by atoms with Crippen molar-refractivity contribution in [1.29, 1.82) is 0 Å². The molecule has 0 radical (unpaired) electrons. The number of carboxylic acids is 1. The zero-order chi connectivity index (χ0) is 12.7. The van der Waals surface area contributed by atoms with E-state index in [0.717, 1.165) is 16.8 Å². The second-order valence-corrected chi connectivity index (χ2v) is 4.19. The van der Waals surface area contributed by atoms with Gasteiger partial charge in [-0.3, -0.25) is 9.20 Å². The average molecular weight is 244 g/mol. The number of fused-ring (bicyclic) bond motifs is 3. The molecule has 0 aliphatic rings. The standard InChI is InChI=1S/C12H12N4O2/c1-15-8-4-2-3-5-9(8)16-10(6-7-11(17)18)13-14-12(15)16/h2-5H,6-7H2,1H3,(H,17,18). The number of para-hydroxylation sites is 2. The first kappa shape index (κ1) is 10.8. The predicted molar refractivity (Wildman–Crippen MR) is 65.4 cm³/mol. The maximum absolute atomic E-state index is 10.6. The molecular weight excluding hydrogens is 232 g/mol. The smallest absolute Gasteiger partial charge is 0.303 e. The highest BCUT2D eigenvalue weighted by Gasteiger charge is 2.14. The van der Waals surface area contributed by atoms with Gasteiger partial charge in [0.1, 0.15) is 5.82 Å². The number of aliphatic carboxylic acids is 1. The van der Waals surface area contributed by atoms with Crippen LogP contribution in [0.25, 0.3) is 16.8 Å². The summed E-state index contributed by atoms with van der Waals surface area (Å²) in [5, 5.41) is 16.9. The molecule has 3 aromatic rings. The molecule has 0 aliphatic carbocycles. The third-order valence-corrected chi connectivity index (χ3v) is 3.06. The Morgan fingerprint density at radius 1 is 1.28 bits per heavy atom. The second kappa shape index (κ2) is 3.83. The minimum atomic E-state index is -0.827. The molecule has 0 saturated heterocycles. The van der Waals surface area contributed by atoms with Gasteiger partial charge in [-0.15, -0.1) is 10.2 Å². The summed E-state index contributed by atoms with van der Waals surface area (Å²) in [6, 6.07) is 7.90. The number of carbonyl (C=O) groups is 1. The van der Waals surface area contributed by atoms with Crippen LogP contribution in [0, 0.1) is 0 Å². The average Bonchev–Trinajstić information content (AvgIpc) is 2.89. The summed E-state index contributed by atoms with van der Waals surface area (Å²) in [6.07, 6.45) is 0.439. The van der Waals surface area contributed by atoms with E-state index in [1.807, 2.05) is 40.3 Å². The first-order valence-corrected chi connectivity index (χ1v) is 5.67. The molecule has 6 nitrogen and oxygen atoms in total. The van der Waals surface area contributed by atoms with Crippen molar-refractivity contribution in [2.24, 2.45) is 7.05 Å². The lowest BCUT2D eigenvalue weighted by Gasteiger charge is -1.96. The highest BCUT2D eigenvalue weighted by atomic mass is 16.4. The highest BCUT2D eigenvalue weighted by Crippen LogP contribution is 2.20. The quantitative estimate of drug-likeness (QED) is 0.752. The van der Waals surface area contributed by atoms with Gasteiger partial charge in [-0.25, -0.2) is 0 Å². The van der Waals surface area contributed by atoms with Crippen molar-refractivity contribution in [2.45, 2.75) is 12.8 Å². The van der Waals surface area contributed by atoms with E-state index >= 15 is 0 Å². The summed E-state index contributed by atoms with van der Waals surface area (Å²) in [7, 11) is 1.92. The molecule has 0 saturated carbocycles. The molecule has 0 unspecified atom stereocenters. The van der Waals surface area contributed by atoms with Crippen LogP contribution in [0.1, 0.15) is 12.2 Å². The van der Waals surface area contributed by atoms with Gasteiger partial charge < -0.3 is 9.67 Å². The first-order chi connectivity index (χ1) is 8.68. The first-order valence-electron chi connectivity index (χ1n) is 5.67. The van der Waals surface area contributed by atoms with Crippen molar-refractivity contribution in [3.05, 3.63) is 30.1 Å². The van der Waals surface area contributed by atoms with Crippen molar-refractivity contribution in [1.82, 2.24) is 19.2 Å². The van der Waals surface area contributed by atoms with Gasteiger partial charge in [0.25, 0.3) is 0 Å². The van der Waals surface area contributed by atoms with Gasteiger partial charge in [0, 0.05) is 13.5 Å². The fourth-order valence-electron chi connectivity index (χ4n) is 2.20. The molecule has 1 aromatic carbocycles. The number of nitrogens with zero attached hydrogens (tertiary/aromatic N) is 4. The Morgan fingerprint density at radius 2 is 2.00 bits per heavy atom. The number of aryl methyl sites for hydroxylation is 2. The zero-order valence-electron chi connectivity index (χ0n) is 9.87. The van der Waals surface area contributed by atoms with E-state index in [0.29, 0.717) is 12.2 Å². The van der Waals surface area contributed by atoms with Gasteiger partial charge in [-0.2, -0.15) is 0 Å². The van der Waals surface area contributed by atoms with E-state index in [1.165, 1.54) is 0 Å². The number of benzene rings is 1. The molecule has 1 N–H and O–H groups in total. The number of imidazole rings is 1. The van der Waals surface area contributed by atoms with Gasteiger partial charge in [0.15, 0.2) is 0 Å². The Hall–Kier alpha value is -2.37. The van der Waals surface area contributed by atoms with Gasteiger partial charge in [0.2, 0.25) is 5.78 Å². The number of rotatable bonds is 3. The minimum absolute atomic E-state index is 0.0595. The summed E-state index contributed by atoms with van der Waals surface area (Å²) in [4.78, 5) is 10.6. The Bertz CT molecular complexity index is 741. The molecule has 0 aliphatic heterocycles. The summed E-state index contributed by atoms with van der Waals surface area (Å²) in [5.41, 5.74) is 2.05. The van der Waals surface area contributed by atoms with Gasteiger partial charge in [-0.1, -0.05) is 12.1 Å². The summed E-state index contributed by atoms with van der Waals surface area (Å²) in [6.45, 7) is 0. The van der Waals surface area contributed by atoms with Gasteiger partial charge in [-0.05, 0) is 12.1 Å². The van der Waals surface area contributed by atoms with Crippen LogP contribution >= 0.6 is 0 Å². The lowest BCUT2D eigenvalue weighted by atomic mass is 10.3. The molecule has 3 rings (SSSR count). The van der Waals surface area contributed by atoms with Crippen LogP contribution in [0.5, 0.6) is 0 Å². The van der Waals surface area contributed by atoms with Crippen molar-refractivity contribution < 1.29 is 9.90 Å². The molecule has 0 fully saturated rings. The molecule has 0 spiro atoms. The fourth-order valence-corrected chi connectivity index (χ4v) is 2.20. The fraction of sp³-hybridized carbons (Fsp3) is 0.250. The number of aromatic nitrogens is 4. The Kier molecular flexibility index (Phi) is 2.29. The van der Waals surface area contributed by atoms with Crippen LogP contribution in [-0.4, -0.2) is 30.2 Å². The van der Waals surface area contributed by atoms with E-state index in [1.54, 1.807) is 0 Å². The van der Waals surface area contributed by atoms with E-state index < -0.39 is 5.97 Å². The second-order valence-electron chi connectivity index (χ2n) is 4.19. The van der Waals surface area contributed by atoms with E-state index in [2.05, 4.69) is 10.2 Å². The molecule has 0 atom stereocenters. The van der Waals surface area contributed by atoms with Crippen LogP contribution in [0.3, 0.4) is 0 Å². The van der Waals surface area contributed by atoms with Gasteiger partial charge >= 0.3 is 5.97 Å². The summed E-state index contributed by atoms with van der Waals surface area (Å²) >= 11 is 0. The molecule has 2 heterocycles. The molecule has 18 heavy (non-hydrogen) atoms. The largest absolute Gasteiger partial charge is 0.481 e. The molecule has 6 heteroatoms. The summed E-state index contributed by atoms with van der Waals surface area (Å²) in [5.74, 6) is 0.591. The third kappa shape index (κ3) is 1.46. The van der Waals surface area contributed by atoms with Gasteiger partial charge in [0.05, 0.1) is 17.5 Å². The maximum Gasteiger partial charge on any atom is 0.303 e. The van der Waals surface area contributed by atoms with Crippen LogP contribution in [0.4, 0.5) is 0 Å². The molecular formula is C12H12N4O2. The van der Waals surface area contributed by atoms with Crippen LogP contribution in [0.15, 0.2) is 24.3 Å². The molecule has 0 bridgehead atoms. The van der Waals surface area contributed by atoms with E-state index in [9.17, 15) is 4.79 Å². The predicted octanol–water partition coefficient (Wildman–Crippen LogP) is 1.24. The number of hydrogen-bond donors (Lipinski definition) is 1. The van der Waals surface area contributed by atoms with Crippen molar-refractivity contribution in [3.63, 3.8) is 0 Å². The maximum atomic E-state index is 10.6. The Balaban J connectivity index is 2.22. The normalized spacial score (nSPS) is 11.4. The monoisotopic (exact) mass is 244 g/mol. The highest BCUT2D eigenvalue weighted by molar-refractivity contribution is 5.80. The molecule has 92 valence electrons. The number of carboxylic acid groups (broad SMARTS) is 1. The third-order valence-electron chi connectivity index (χ3n) is 3.06. The Morgan fingerprint density at radius 3 is 2.72 bits per heavy atom. The topological polar surface area (TPSA) is 72.4 Å². The van der Waals surface area contributed by atoms with Crippen LogP contribution in [0.2, 0.25) is 0 Å². The number of hydrogen-bond acceptors (Lipinski definition) is 3. The van der Waals surface area contributed by atoms with Crippen molar-refractivity contribution in [2.75, 3.05) is 0 Å². The van der Waals surface area contributed by atoms with E-state index in [4.69, 9.17) is 5.11 Å². The lowest BCUT2D eigenvalue weighted by Crippen LogP contribution is -2.01. The minimum Gasteiger partial charge on any atom is -0.481 e. The molecule has 2 aromatic heterocycles. The van der Waals surface area contributed by atoms with E-state index in [-0.39, 0.29) is 6.42 Å². The Labute approximate surface area is 102 Å². The lowest BCUT2D eigenvalue weighted by molar-refractivity contribution is -0.137. The SMILES string of the molecule is Cn1c2ccccc2n2c(CCC(=O)O)nnc12. The van der Waals surface area contributed by atoms with Crippen molar-refractivity contribution in [3.8, 4) is 0 Å². The summed E-state index contributed by atoms with van der Waals surface area (Å²) < 4.78 is 3.87. The van der Waals surface area contributed by atoms with Crippen LogP contribution < -0.4 is 0 Å². The van der Waals surface area contributed by atoms with Crippen molar-refractivity contribution >= 4 is 22.8 Å². The molecule has 0 amide bonds.